The van der Waals surface area contributed by atoms with Gasteiger partial charge < -0.3 is 10.2 Å². The highest BCUT2D eigenvalue weighted by atomic mass is 79.9. The lowest BCUT2D eigenvalue weighted by Crippen LogP contribution is -2.48. The minimum Gasteiger partial charge on any atom is -0.369 e. The lowest BCUT2D eigenvalue weighted by Gasteiger charge is -2.36. The van der Waals surface area contributed by atoms with Crippen molar-refractivity contribution in [2.24, 2.45) is 0 Å². The molecule has 1 amide bonds. The predicted octanol–water partition coefficient (Wildman–Crippen LogP) is 1.71. The first-order chi connectivity index (χ1) is 9.15. The lowest BCUT2D eigenvalue weighted by atomic mass is 10.2. The maximum atomic E-state index is 10.8. The van der Waals surface area contributed by atoms with Crippen molar-refractivity contribution >= 4 is 27.5 Å². The van der Waals surface area contributed by atoms with Gasteiger partial charge in [0.25, 0.3) is 0 Å². The van der Waals surface area contributed by atoms with Crippen LogP contribution in [0, 0.1) is 0 Å². The van der Waals surface area contributed by atoms with Gasteiger partial charge in [0.1, 0.15) is 0 Å². The number of carbonyl (C=O) groups is 1. The Balaban J connectivity index is 1.77. The number of nitrogens with one attached hydrogen (secondary N) is 1. The largest absolute Gasteiger partial charge is 0.369 e. The molecule has 0 saturated carbocycles. The molecule has 4 nitrogen and oxygen atoms in total. The molecule has 1 aromatic rings. The fourth-order valence-electron chi connectivity index (χ4n) is 2.29. The highest BCUT2D eigenvalue weighted by Crippen LogP contribution is 2.20. The average Bonchev–Trinajstić information content (AvgIpc) is 2.39. The van der Waals surface area contributed by atoms with E-state index in [4.69, 9.17) is 0 Å². The van der Waals surface area contributed by atoms with Gasteiger partial charge in [0, 0.05) is 56.4 Å². The molecule has 1 saturated heterocycles. The third kappa shape index (κ3) is 4.51. The molecule has 2 rings (SSSR count). The summed E-state index contributed by atoms with van der Waals surface area (Å²) in [6.45, 7) is 7.41. The molecule has 0 unspecified atom stereocenters. The molecule has 19 heavy (non-hydrogen) atoms. The zero-order valence-electron chi connectivity index (χ0n) is 11.2. The number of anilines is 1. The van der Waals surface area contributed by atoms with Crippen LogP contribution in [-0.4, -0.2) is 50.1 Å². The molecule has 1 heterocycles. The van der Waals surface area contributed by atoms with Gasteiger partial charge in [0.15, 0.2) is 0 Å². The van der Waals surface area contributed by atoms with Crippen molar-refractivity contribution in [3.8, 4) is 0 Å². The molecular formula is C14H20BrN3O. The summed E-state index contributed by atoms with van der Waals surface area (Å²) < 4.78 is 1.12. The van der Waals surface area contributed by atoms with Gasteiger partial charge in [-0.25, -0.2) is 0 Å². The summed E-state index contributed by atoms with van der Waals surface area (Å²) in [7, 11) is 0. The molecule has 1 fully saturated rings. The van der Waals surface area contributed by atoms with Crippen molar-refractivity contribution in [3.63, 3.8) is 0 Å². The number of halogens is 1. The third-order valence-electron chi connectivity index (χ3n) is 3.35. The molecule has 1 aliphatic rings. The molecule has 1 aromatic carbocycles. The van der Waals surface area contributed by atoms with Crippen molar-refractivity contribution in [3.05, 3.63) is 28.7 Å². The van der Waals surface area contributed by atoms with Gasteiger partial charge in [0.2, 0.25) is 5.91 Å². The van der Waals surface area contributed by atoms with Crippen molar-refractivity contribution in [2.75, 3.05) is 44.2 Å². The first-order valence-electron chi connectivity index (χ1n) is 6.62. The Labute approximate surface area is 122 Å². The van der Waals surface area contributed by atoms with E-state index in [2.05, 4.69) is 49.2 Å². The Morgan fingerprint density at radius 3 is 2.68 bits per heavy atom. The van der Waals surface area contributed by atoms with Crippen LogP contribution in [0.4, 0.5) is 5.69 Å². The molecule has 0 bridgehead atoms. The molecule has 0 radical (unpaired) electrons. The number of rotatable bonds is 4. The van der Waals surface area contributed by atoms with Gasteiger partial charge in [-0.1, -0.05) is 22.0 Å². The Morgan fingerprint density at radius 2 is 2.05 bits per heavy atom. The van der Waals surface area contributed by atoms with Crippen LogP contribution in [0.3, 0.4) is 0 Å². The summed E-state index contributed by atoms with van der Waals surface area (Å²) in [5.41, 5.74) is 1.27. The minimum atomic E-state index is 0.0489. The van der Waals surface area contributed by atoms with Crippen LogP contribution in [0.15, 0.2) is 28.7 Å². The molecular weight excluding hydrogens is 306 g/mol. The second-order valence-corrected chi connectivity index (χ2v) is 5.71. The second-order valence-electron chi connectivity index (χ2n) is 4.79. The molecule has 0 spiro atoms. The van der Waals surface area contributed by atoms with Gasteiger partial charge in [-0.3, -0.25) is 9.69 Å². The van der Waals surface area contributed by atoms with Crippen LogP contribution in [0.25, 0.3) is 0 Å². The van der Waals surface area contributed by atoms with E-state index >= 15 is 0 Å². The molecule has 0 aromatic heterocycles. The van der Waals surface area contributed by atoms with Gasteiger partial charge in [-0.05, 0) is 18.2 Å². The summed E-state index contributed by atoms with van der Waals surface area (Å²) in [5, 5.41) is 2.84. The number of amides is 1. The first kappa shape index (κ1) is 14.3. The number of benzene rings is 1. The van der Waals surface area contributed by atoms with Crippen molar-refractivity contribution in [1.29, 1.82) is 0 Å². The number of piperazine rings is 1. The monoisotopic (exact) mass is 325 g/mol. The van der Waals surface area contributed by atoms with Gasteiger partial charge in [-0.15, -0.1) is 0 Å². The number of carbonyl (C=O) groups excluding carboxylic acids is 1. The van der Waals surface area contributed by atoms with E-state index in [9.17, 15) is 4.79 Å². The maximum Gasteiger partial charge on any atom is 0.216 e. The first-order valence-corrected chi connectivity index (χ1v) is 7.42. The Bertz CT molecular complexity index is 430. The molecule has 104 valence electrons. The zero-order valence-corrected chi connectivity index (χ0v) is 12.8. The van der Waals surface area contributed by atoms with Crippen LogP contribution in [0.1, 0.15) is 6.92 Å². The van der Waals surface area contributed by atoms with Gasteiger partial charge in [0.05, 0.1) is 0 Å². The smallest absolute Gasteiger partial charge is 0.216 e. The second kappa shape index (κ2) is 6.91. The standard InChI is InChI=1S/C14H20BrN3O/c1-12(19)16-5-6-17-7-9-18(10-8-17)14-4-2-3-13(15)11-14/h2-4,11H,5-10H2,1H3,(H,16,19). The van der Waals surface area contributed by atoms with Crippen LogP contribution in [0.5, 0.6) is 0 Å². The van der Waals surface area contributed by atoms with Crippen molar-refractivity contribution < 1.29 is 4.79 Å². The fourth-order valence-corrected chi connectivity index (χ4v) is 2.68. The molecule has 0 atom stereocenters. The Morgan fingerprint density at radius 1 is 1.32 bits per heavy atom. The Kier molecular flexibility index (Phi) is 5.22. The highest BCUT2D eigenvalue weighted by molar-refractivity contribution is 9.10. The number of nitrogens with zero attached hydrogens (tertiary/aromatic N) is 2. The normalized spacial score (nSPS) is 16.4. The predicted molar refractivity (Wildman–Crippen MR) is 81.5 cm³/mol. The van der Waals surface area contributed by atoms with Crippen molar-refractivity contribution in [2.45, 2.75) is 6.92 Å². The fraction of sp³-hybridized carbons (Fsp3) is 0.500. The molecule has 1 N–H and O–H groups in total. The van der Waals surface area contributed by atoms with Crippen LogP contribution < -0.4 is 10.2 Å². The van der Waals surface area contributed by atoms with E-state index in [1.807, 2.05) is 6.07 Å². The topological polar surface area (TPSA) is 35.6 Å². The van der Waals surface area contributed by atoms with E-state index in [0.29, 0.717) is 0 Å². The number of hydrogen-bond acceptors (Lipinski definition) is 3. The van der Waals surface area contributed by atoms with E-state index in [1.54, 1.807) is 6.92 Å². The summed E-state index contributed by atoms with van der Waals surface area (Å²) in [5.74, 6) is 0.0489. The SMILES string of the molecule is CC(=O)NCCN1CCN(c2cccc(Br)c2)CC1. The lowest BCUT2D eigenvalue weighted by molar-refractivity contribution is -0.119. The zero-order chi connectivity index (χ0) is 13.7. The minimum absolute atomic E-state index is 0.0489. The molecule has 0 aliphatic carbocycles. The Hall–Kier alpha value is -1.07. The summed E-state index contributed by atoms with van der Waals surface area (Å²) in [6.07, 6.45) is 0. The van der Waals surface area contributed by atoms with Gasteiger partial charge in [-0.2, -0.15) is 0 Å². The van der Waals surface area contributed by atoms with Crippen molar-refractivity contribution in [1.82, 2.24) is 10.2 Å². The van der Waals surface area contributed by atoms with E-state index in [0.717, 1.165) is 43.7 Å². The summed E-state index contributed by atoms with van der Waals surface area (Å²) in [6, 6.07) is 8.43. The number of hydrogen-bond donors (Lipinski definition) is 1. The summed E-state index contributed by atoms with van der Waals surface area (Å²) in [4.78, 5) is 15.6. The summed E-state index contributed by atoms with van der Waals surface area (Å²) >= 11 is 3.51. The van der Waals surface area contributed by atoms with E-state index in [-0.39, 0.29) is 5.91 Å². The average molecular weight is 326 g/mol. The molecule has 1 aliphatic heterocycles. The highest BCUT2D eigenvalue weighted by Gasteiger charge is 2.16. The van der Waals surface area contributed by atoms with Gasteiger partial charge >= 0.3 is 0 Å². The van der Waals surface area contributed by atoms with E-state index < -0.39 is 0 Å². The molecule has 5 heteroatoms. The van der Waals surface area contributed by atoms with E-state index in [1.165, 1.54) is 5.69 Å². The maximum absolute atomic E-state index is 10.8. The van der Waals surface area contributed by atoms with Crippen LogP contribution >= 0.6 is 15.9 Å². The third-order valence-corrected chi connectivity index (χ3v) is 3.84. The quantitative estimate of drug-likeness (QED) is 0.915. The van der Waals surface area contributed by atoms with Crippen LogP contribution in [0.2, 0.25) is 0 Å². The van der Waals surface area contributed by atoms with Crippen LogP contribution in [-0.2, 0) is 4.79 Å².